The van der Waals surface area contributed by atoms with Crippen LogP contribution in [0.1, 0.15) is 0 Å². The van der Waals surface area contributed by atoms with Gasteiger partial charge in [0.1, 0.15) is 0 Å². The molecule has 0 N–H and O–H groups in total. The van der Waals surface area contributed by atoms with E-state index in [2.05, 4.69) is 59.6 Å². The number of hydrogen-bond acceptors (Lipinski definition) is 5. The average molecular weight is 512 g/mol. The van der Waals surface area contributed by atoms with Gasteiger partial charge in [0.05, 0.1) is 33.5 Å². The summed E-state index contributed by atoms with van der Waals surface area (Å²) >= 11 is 0. The van der Waals surface area contributed by atoms with Crippen molar-refractivity contribution >= 4 is 43.6 Å². The molecular formula is C35H21N5. The Morgan fingerprint density at radius 1 is 0.450 bits per heavy atom. The lowest BCUT2D eigenvalue weighted by molar-refractivity contribution is 1.23. The predicted octanol–water partition coefficient (Wildman–Crippen LogP) is 8.28. The van der Waals surface area contributed by atoms with E-state index in [1.807, 2.05) is 73.1 Å². The van der Waals surface area contributed by atoms with E-state index in [-0.39, 0.29) is 0 Å². The van der Waals surface area contributed by atoms with Crippen LogP contribution in [0.4, 0.5) is 0 Å². The van der Waals surface area contributed by atoms with Crippen LogP contribution in [0, 0.1) is 0 Å². The van der Waals surface area contributed by atoms with Gasteiger partial charge in [0, 0.05) is 50.6 Å². The molecule has 0 bridgehead atoms. The molecule has 0 radical (unpaired) electrons. The van der Waals surface area contributed by atoms with Crippen LogP contribution in [-0.4, -0.2) is 24.9 Å². The Balaban J connectivity index is 1.41. The maximum absolute atomic E-state index is 5.14. The summed E-state index contributed by atoms with van der Waals surface area (Å²) in [5, 5.41) is 4.14. The second-order valence-corrected chi connectivity index (χ2v) is 9.79. The third kappa shape index (κ3) is 3.68. The number of fused-ring (bicyclic) bond motifs is 5. The molecule has 0 aliphatic rings. The lowest BCUT2D eigenvalue weighted by Crippen LogP contribution is -1.97. The van der Waals surface area contributed by atoms with Crippen LogP contribution < -0.4 is 0 Å². The first-order valence-electron chi connectivity index (χ1n) is 13.2. The van der Waals surface area contributed by atoms with Crippen molar-refractivity contribution in [2.24, 2.45) is 0 Å². The normalized spacial score (nSPS) is 11.5. The van der Waals surface area contributed by atoms with E-state index in [0.29, 0.717) is 5.82 Å². The molecule has 0 spiro atoms. The van der Waals surface area contributed by atoms with Crippen LogP contribution in [-0.2, 0) is 0 Å². The number of rotatable bonds is 3. The van der Waals surface area contributed by atoms with Crippen LogP contribution in [0.15, 0.2) is 128 Å². The molecule has 4 aromatic heterocycles. The molecule has 8 aromatic rings. The van der Waals surface area contributed by atoms with Crippen LogP contribution in [0.3, 0.4) is 0 Å². The molecule has 4 heterocycles. The van der Waals surface area contributed by atoms with Gasteiger partial charge in [-0.15, -0.1) is 0 Å². The molecule has 0 amide bonds. The Bertz CT molecular complexity index is 2220. The highest BCUT2D eigenvalue weighted by atomic mass is 14.9. The van der Waals surface area contributed by atoms with Crippen LogP contribution >= 0.6 is 0 Å². The zero-order valence-corrected chi connectivity index (χ0v) is 21.4. The number of benzene rings is 4. The Morgan fingerprint density at radius 2 is 1.18 bits per heavy atom. The van der Waals surface area contributed by atoms with Gasteiger partial charge in [0.25, 0.3) is 0 Å². The second kappa shape index (κ2) is 9.03. The molecule has 0 unspecified atom stereocenters. The van der Waals surface area contributed by atoms with Crippen molar-refractivity contribution in [3.05, 3.63) is 128 Å². The molecule has 0 aliphatic heterocycles. The topological polar surface area (TPSA) is 64.5 Å². The summed E-state index contributed by atoms with van der Waals surface area (Å²) in [5.41, 5.74) is 8.21. The standard InChI is InChI=1S/C35H21N5/c1-2-8-24(9-3-1)35-39-30-13-5-4-12-27(30)34(40-35)28-21-26(20-25-11-7-18-36-31(25)28)29-17-16-23-15-14-22-10-6-19-37-32(22)33(23)38-29/h1-21H. The van der Waals surface area contributed by atoms with E-state index >= 15 is 0 Å². The van der Waals surface area contributed by atoms with E-state index in [1.54, 1.807) is 0 Å². The first-order chi connectivity index (χ1) is 19.8. The first kappa shape index (κ1) is 22.4. The molecule has 0 saturated carbocycles. The van der Waals surface area contributed by atoms with Gasteiger partial charge in [0.2, 0.25) is 0 Å². The summed E-state index contributed by atoms with van der Waals surface area (Å²) in [6.45, 7) is 0. The van der Waals surface area contributed by atoms with Crippen LogP contribution in [0.5, 0.6) is 0 Å². The van der Waals surface area contributed by atoms with Crippen molar-refractivity contribution in [2.45, 2.75) is 0 Å². The maximum atomic E-state index is 5.14. The Morgan fingerprint density at radius 3 is 2.05 bits per heavy atom. The summed E-state index contributed by atoms with van der Waals surface area (Å²) in [6, 6.07) is 39.0. The summed E-state index contributed by atoms with van der Waals surface area (Å²) in [6.07, 6.45) is 3.65. The van der Waals surface area contributed by atoms with Crippen molar-refractivity contribution in [1.82, 2.24) is 24.9 Å². The van der Waals surface area contributed by atoms with Crippen molar-refractivity contribution in [3.8, 4) is 33.9 Å². The van der Waals surface area contributed by atoms with Gasteiger partial charge >= 0.3 is 0 Å². The van der Waals surface area contributed by atoms with Crippen LogP contribution in [0.25, 0.3) is 77.5 Å². The molecule has 0 saturated heterocycles. The fraction of sp³-hybridized carbons (Fsp3) is 0. The smallest absolute Gasteiger partial charge is 0.160 e. The van der Waals surface area contributed by atoms with E-state index in [4.69, 9.17) is 19.9 Å². The molecule has 0 atom stereocenters. The predicted molar refractivity (Wildman–Crippen MR) is 162 cm³/mol. The number of para-hydroxylation sites is 1. The van der Waals surface area contributed by atoms with Gasteiger partial charge in [0.15, 0.2) is 5.82 Å². The Hall–Kier alpha value is -5.55. The fourth-order valence-electron chi connectivity index (χ4n) is 5.40. The van der Waals surface area contributed by atoms with Crippen molar-refractivity contribution in [1.29, 1.82) is 0 Å². The number of hydrogen-bond donors (Lipinski definition) is 0. The highest BCUT2D eigenvalue weighted by molar-refractivity contribution is 6.05. The largest absolute Gasteiger partial charge is 0.256 e. The van der Waals surface area contributed by atoms with E-state index in [9.17, 15) is 0 Å². The van der Waals surface area contributed by atoms with E-state index < -0.39 is 0 Å². The molecule has 0 aliphatic carbocycles. The summed E-state index contributed by atoms with van der Waals surface area (Å²) < 4.78 is 0. The molecule has 0 fully saturated rings. The van der Waals surface area contributed by atoms with Crippen molar-refractivity contribution in [2.75, 3.05) is 0 Å². The Labute approximate surface area is 229 Å². The van der Waals surface area contributed by atoms with E-state index in [1.165, 1.54) is 0 Å². The van der Waals surface area contributed by atoms with Crippen molar-refractivity contribution < 1.29 is 0 Å². The molecule has 8 rings (SSSR count). The monoisotopic (exact) mass is 511 g/mol. The summed E-state index contributed by atoms with van der Waals surface area (Å²) in [7, 11) is 0. The number of nitrogens with zero attached hydrogens (tertiary/aromatic N) is 5. The molecule has 186 valence electrons. The third-order valence-corrected chi connectivity index (χ3v) is 7.32. The maximum Gasteiger partial charge on any atom is 0.160 e. The van der Waals surface area contributed by atoms with Gasteiger partial charge in [-0.3, -0.25) is 9.97 Å². The second-order valence-electron chi connectivity index (χ2n) is 9.79. The highest BCUT2D eigenvalue weighted by Gasteiger charge is 2.17. The number of pyridine rings is 3. The summed E-state index contributed by atoms with van der Waals surface area (Å²) in [5.74, 6) is 0.685. The number of aromatic nitrogens is 5. The van der Waals surface area contributed by atoms with Crippen molar-refractivity contribution in [3.63, 3.8) is 0 Å². The van der Waals surface area contributed by atoms with Gasteiger partial charge in [-0.1, -0.05) is 78.9 Å². The first-order valence-corrected chi connectivity index (χ1v) is 13.2. The SMILES string of the molecule is c1ccc(-c2nc(-c3cc(-c4ccc5ccc6cccnc6c5n4)cc4cccnc34)c3ccccc3n2)cc1. The van der Waals surface area contributed by atoms with Crippen LogP contribution in [0.2, 0.25) is 0 Å². The third-order valence-electron chi connectivity index (χ3n) is 7.32. The highest BCUT2D eigenvalue weighted by Crippen LogP contribution is 2.36. The molecule has 5 nitrogen and oxygen atoms in total. The molecule has 4 aromatic carbocycles. The fourth-order valence-corrected chi connectivity index (χ4v) is 5.40. The lowest BCUT2D eigenvalue weighted by Gasteiger charge is -2.13. The quantitative estimate of drug-likeness (QED) is 0.223. The molecule has 40 heavy (non-hydrogen) atoms. The zero-order valence-electron chi connectivity index (χ0n) is 21.4. The minimum Gasteiger partial charge on any atom is -0.256 e. The summed E-state index contributed by atoms with van der Waals surface area (Å²) in [4.78, 5) is 24.6. The van der Waals surface area contributed by atoms with Gasteiger partial charge < -0.3 is 0 Å². The average Bonchev–Trinajstić information content (AvgIpc) is 3.04. The van der Waals surface area contributed by atoms with Gasteiger partial charge in [-0.25, -0.2) is 15.0 Å². The minimum atomic E-state index is 0.685. The minimum absolute atomic E-state index is 0.685. The zero-order chi connectivity index (χ0) is 26.5. The lowest BCUT2D eigenvalue weighted by atomic mass is 9.97. The molecular weight excluding hydrogens is 490 g/mol. The van der Waals surface area contributed by atoms with Gasteiger partial charge in [-0.05, 0) is 36.4 Å². The Kier molecular flexibility index (Phi) is 5.07. The van der Waals surface area contributed by atoms with E-state index in [0.717, 1.165) is 71.7 Å². The van der Waals surface area contributed by atoms with Gasteiger partial charge in [-0.2, -0.15) is 0 Å². The molecule has 5 heteroatoms.